The molecule has 42 heavy (non-hydrogen) atoms. The molecule has 2 atom stereocenters. The summed E-state index contributed by atoms with van der Waals surface area (Å²) in [4.78, 5) is 35.9. The van der Waals surface area contributed by atoms with E-state index in [2.05, 4.69) is 16.4 Å². The normalized spacial score (nSPS) is 20.2. The van der Waals surface area contributed by atoms with E-state index in [-0.39, 0.29) is 11.2 Å². The van der Waals surface area contributed by atoms with Gasteiger partial charge in [-0.15, -0.1) is 11.8 Å². The maximum atomic E-state index is 15.3. The highest BCUT2D eigenvalue weighted by molar-refractivity contribution is 8.00. The topological polar surface area (TPSA) is 74.4 Å². The minimum atomic E-state index is -1.50. The van der Waals surface area contributed by atoms with Gasteiger partial charge in [-0.2, -0.15) is 0 Å². The summed E-state index contributed by atoms with van der Waals surface area (Å²) >= 11 is 8.33. The van der Waals surface area contributed by atoms with Crippen molar-refractivity contribution >= 4 is 57.5 Å². The lowest BCUT2D eigenvalue weighted by Crippen LogP contribution is -2.48. The maximum Gasteiger partial charge on any atom is 0.337 e. The van der Waals surface area contributed by atoms with Gasteiger partial charge in [0, 0.05) is 49.0 Å². The number of carbonyl (C=O) groups excluding carboxylic acids is 2. The number of fused-ring (bicyclic) bond motifs is 9. The molecule has 5 aromatic rings. The molecule has 3 aliphatic rings. The molecule has 1 aromatic heterocycles. The SMILES string of the molecule is COC(=O)C1=C2Nc3ccccc3S[C@@H]2c2[nH]c3ccccc3c2[C@@]12C(=O)N(Cc1ccccc1)c1ccc(Cl)cc12. The summed E-state index contributed by atoms with van der Waals surface area (Å²) < 4.78 is 5.50. The summed E-state index contributed by atoms with van der Waals surface area (Å²) in [5.41, 5.74) is 5.22. The fourth-order valence-electron chi connectivity index (χ4n) is 6.80. The van der Waals surface area contributed by atoms with Gasteiger partial charge in [0.15, 0.2) is 0 Å². The van der Waals surface area contributed by atoms with Crippen molar-refractivity contribution in [1.29, 1.82) is 0 Å². The number of nitrogens with zero attached hydrogens (tertiary/aromatic N) is 1. The van der Waals surface area contributed by atoms with Crippen molar-refractivity contribution in [2.45, 2.75) is 22.1 Å². The Bertz CT molecular complexity index is 1980. The van der Waals surface area contributed by atoms with Gasteiger partial charge in [0.2, 0.25) is 5.91 Å². The molecule has 206 valence electrons. The van der Waals surface area contributed by atoms with E-state index in [1.165, 1.54) is 7.11 Å². The summed E-state index contributed by atoms with van der Waals surface area (Å²) in [5, 5.41) is 4.64. The van der Waals surface area contributed by atoms with Crippen LogP contribution in [0.4, 0.5) is 11.4 Å². The molecule has 6 nitrogen and oxygen atoms in total. The highest BCUT2D eigenvalue weighted by Crippen LogP contribution is 2.63. The Morgan fingerprint density at radius 3 is 2.60 bits per heavy atom. The van der Waals surface area contributed by atoms with Crippen LogP contribution >= 0.6 is 23.4 Å². The number of hydrogen-bond acceptors (Lipinski definition) is 5. The van der Waals surface area contributed by atoms with Gasteiger partial charge in [-0.05, 0) is 42.0 Å². The number of esters is 1. The van der Waals surface area contributed by atoms with Crippen LogP contribution < -0.4 is 10.2 Å². The molecule has 2 aliphatic heterocycles. The van der Waals surface area contributed by atoms with Gasteiger partial charge in [-0.1, -0.05) is 72.3 Å². The molecule has 2 N–H and O–H groups in total. The number of amides is 1. The number of anilines is 2. The van der Waals surface area contributed by atoms with E-state index in [0.29, 0.717) is 34.1 Å². The van der Waals surface area contributed by atoms with E-state index < -0.39 is 11.4 Å². The van der Waals surface area contributed by atoms with Crippen LogP contribution in [0.1, 0.15) is 27.6 Å². The minimum Gasteiger partial charge on any atom is -0.466 e. The molecule has 0 saturated carbocycles. The second kappa shape index (κ2) is 9.28. The zero-order valence-electron chi connectivity index (χ0n) is 22.5. The van der Waals surface area contributed by atoms with Gasteiger partial charge in [0.05, 0.1) is 30.2 Å². The smallest absolute Gasteiger partial charge is 0.337 e. The molecule has 1 amide bonds. The molecule has 0 radical (unpaired) electrons. The molecular formula is C34H24ClN3O3S. The standard InChI is InChI=1S/C34H24ClN3O3S/c1-41-32(39)28-30-31(42-26-14-8-7-13-24(26)37-30)29-27(21-11-5-6-12-23(21)36-29)34(28)22-17-20(35)15-16-25(22)38(33(34)40)18-19-9-3-2-4-10-19/h2-17,31,36-37H,18H2,1H3/t31-,34-/m1/s1. The number of rotatable bonds is 3. The molecule has 8 heteroatoms. The van der Waals surface area contributed by atoms with Crippen LogP contribution in [0.5, 0.6) is 0 Å². The Hall–Kier alpha value is -4.46. The molecule has 8 rings (SSSR count). The first-order valence-electron chi connectivity index (χ1n) is 13.6. The predicted molar refractivity (Wildman–Crippen MR) is 166 cm³/mol. The van der Waals surface area contributed by atoms with E-state index in [1.54, 1.807) is 22.7 Å². The summed E-state index contributed by atoms with van der Waals surface area (Å²) in [7, 11) is 1.37. The van der Waals surface area contributed by atoms with E-state index in [0.717, 1.165) is 38.3 Å². The number of benzene rings is 4. The second-order valence-corrected chi connectivity index (χ2v) is 12.2. The first-order chi connectivity index (χ1) is 20.5. The Kier molecular flexibility index (Phi) is 5.58. The third kappa shape index (κ3) is 3.35. The average molecular weight is 590 g/mol. The highest BCUT2D eigenvalue weighted by atomic mass is 35.5. The van der Waals surface area contributed by atoms with Crippen molar-refractivity contribution in [2.75, 3.05) is 17.3 Å². The third-order valence-corrected chi connectivity index (χ3v) is 10.0. The van der Waals surface area contributed by atoms with Gasteiger partial charge < -0.3 is 19.9 Å². The molecule has 1 aliphatic carbocycles. The van der Waals surface area contributed by atoms with Crippen molar-refractivity contribution in [3.8, 4) is 0 Å². The molecule has 1 spiro atoms. The minimum absolute atomic E-state index is 0.216. The van der Waals surface area contributed by atoms with Crippen molar-refractivity contribution in [1.82, 2.24) is 4.98 Å². The number of hydrogen-bond donors (Lipinski definition) is 2. The highest BCUT2D eigenvalue weighted by Gasteiger charge is 2.63. The Morgan fingerprint density at radius 2 is 1.76 bits per heavy atom. The van der Waals surface area contributed by atoms with E-state index in [1.807, 2.05) is 84.9 Å². The van der Waals surface area contributed by atoms with Crippen molar-refractivity contribution in [3.63, 3.8) is 0 Å². The summed E-state index contributed by atoms with van der Waals surface area (Å²) in [5.74, 6) is -0.772. The first-order valence-corrected chi connectivity index (χ1v) is 14.9. The largest absolute Gasteiger partial charge is 0.466 e. The lowest BCUT2D eigenvalue weighted by atomic mass is 9.64. The van der Waals surface area contributed by atoms with Crippen LogP contribution in [0.25, 0.3) is 10.9 Å². The van der Waals surface area contributed by atoms with Crippen LogP contribution in [0, 0.1) is 0 Å². The number of carbonyl (C=O) groups is 2. The number of nitrogens with one attached hydrogen (secondary N) is 2. The molecule has 0 fully saturated rings. The van der Waals surface area contributed by atoms with Crippen molar-refractivity contribution < 1.29 is 14.3 Å². The van der Waals surface area contributed by atoms with Crippen LogP contribution in [-0.2, 0) is 26.3 Å². The Labute approximate surface area is 251 Å². The average Bonchev–Trinajstić information content (AvgIpc) is 3.51. The zero-order chi connectivity index (χ0) is 28.6. The Balaban J connectivity index is 1.50. The lowest BCUT2D eigenvalue weighted by Gasteiger charge is -2.41. The van der Waals surface area contributed by atoms with Gasteiger partial charge in [-0.3, -0.25) is 4.79 Å². The summed E-state index contributed by atoms with van der Waals surface area (Å²) in [6, 6.07) is 31.3. The molecule has 0 bridgehead atoms. The lowest BCUT2D eigenvalue weighted by molar-refractivity contribution is -0.138. The predicted octanol–water partition coefficient (Wildman–Crippen LogP) is 7.35. The molecule has 0 unspecified atom stereocenters. The van der Waals surface area contributed by atoms with Crippen molar-refractivity contribution in [2.24, 2.45) is 0 Å². The van der Waals surface area contributed by atoms with Crippen LogP contribution in [-0.4, -0.2) is 24.0 Å². The number of methoxy groups -OCH3 is 1. The Morgan fingerprint density at radius 1 is 1.00 bits per heavy atom. The number of aromatic amines is 1. The van der Waals surface area contributed by atoms with Crippen LogP contribution in [0.15, 0.2) is 113 Å². The number of thioether (sulfide) groups is 1. The van der Waals surface area contributed by atoms with E-state index in [4.69, 9.17) is 16.3 Å². The monoisotopic (exact) mass is 589 g/mol. The number of H-pyrrole nitrogens is 1. The quantitative estimate of drug-likeness (QED) is 0.215. The second-order valence-electron chi connectivity index (χ2n) is 10.6. The number of para-hydroxylation sites is 2. The van der Waals surface area contributed by atoms with Crippen molar-refractivity contribution in [3.05, 3.63) is 136 Å². The van der Waals surface area contributed by atoms with Gasteiger partial charge in [-0.25, -0.2) is 4.79 Å². The molecular weight excluding hydrogens is 566 g/mol. The number of aromatic nitrogens is 1. The fourth-order valence-corrected chi connectivity index (χ4v) is 8.22. The van der Waals surface area contributed by atoms with Gasteiger partial charge in [0.25, 0.3) is 0 Å². The van der Waals surface area contributed by atoms with Crippen LogP contribution in [0.3, 0.4) is 0 Å². The van der Waals surface area contributed by atoms with Gasteiger partial charge in [0.1, 0.15) is 5.41 Å². The number of ether oxygens (including phenoxy) is 1. The molecule has 3 heterocycles. The summed E-state index contributed by atoms with van der Waals surface area (Å²) in [6.07, 6.45) is 0. The third-order valence-electron chi connectivity index (χ3n) is 8.47. The van der Waals surface area contributed by atoms with Crippen LogP contribution in [0.2, 0.25) is 5.02 Å². The molecule has 0 saturated heterocycles. The zero-order valence-corrected chi connectivity index (χ0v) is 24.1. The van der Waals surface area contributed by atoms with Gasteiger partial charge >= 0.3 is 5.97 Å². The molecule has 4 aromatic carbocycles. The number of halogens is 1. The summed E-state index contributed by atoms with van der Waals surface area (Å²) in [6.45, 7) is 0.339. The van der Waals surface area contributed by atoms with E-state index in [9.17, 15) is 4.79 Å². The first kappa shape index (κ1) is 25.3. The maximum absolute atomic E-state index is 15.3. The fraction of sp³-hybridized carbons (Fsp3) is 0.118. The van der Waals surface area contributed by atoms with E-state index >= 15 is 4.79 Å².